The number of rotatable bonds is 11. The van der Waals surface area contributed by atoms with Gasteiger partial charge in [0.15, 0.2) is 17.3 Å². The first kappa shape index (κ1) is 30.0. The van der Waals surface area contributed by atoms with E-state index in [0.29, 0.717) is 46.3 Å². The van der Waals surface area contributed by atoms with Crippen LogP contribution in [0.1, 0.15) is 53.9 Å². The summed E-state index contributed by atoms with van der Waals surface area (Å²) in [4.78, 5) is 39.2. The normalized spacial score (nSPS) is 13.6. The maximum absolute atomic E-state index is 13.8. The molecule has 218 valence electrons. The van der Waals surface area contributed by atoms with Crippen LogP contribution in [0.4, 0.5) is 11.8 Å². The number of hydrogen-bond acceptors (Lipinski definition) is 8. The first-order chi connectivity index (χ1) is 19.6. The number of nitrogen functional groups attached to an aromatic ring is 1. The van der Waals surface area contributed by atoms with Crippen LogP contribution < -0.4 is 30.2 Å². The van der Waals surface area contributed by atoms with Gasteiger partial charge in [-0.15, -0.1) is 0 Å². The van der Waals surface area contributed by atoms with Crippen LogP contribution >= 0.6 is 23.2 Å². The molecule has 0 radical (unpaired) electrons. The second-order valence-electron chi connectivity index (χ2n) is 9.77. The van der Waals surface area contributed by atoms with E-state index in [1.165, 1.54) is 26.2 Å². The quantitative estimate of drug-likeness (QED) is 0.158. The molecule has 1 aliphatic rings. The molecule has 11 nitrogen and oxygen atoms in total. The van der Waals surface area contributed by atoms with Crippen molar-refractivity contribution in [2.24, 2.45) is 5.92 Å². The topological polar surface area (TPSA) is 145 Å². The third kappa shape index (κ3) is 6.20. The Bertz CT molecular complexity index is 1500. The van der Waals surface area contributed by atoms with Crippen LogP contribution in [0.25, 0.3) is 11.6 Å². The van der Waals surface area contributed by atoms with Crippen LogP contribution in [0.5, 0.6) is 17.2 Å². The summed E-state index contributed by atoms with van der Waals surface area (Å²) in [7, 11) is 4.41. The molecular weight excluding hydrogens is 571 g/mol. The van der Waals surface area contributed by atoms with E-state index in [1.54, 1.807) is 24.4 Å². The van der Waals surface area contributed by atoms with Crippen LogP contribution in [0.15, 0.2) is 18.3 Å². The Morgan fingerprint density at radius 1 is 1.15 bits per heavy atom. The molecule has 3 heterocycles. The van der Waals surface area contributed by atoms with Gasteiger partial charge in [-0.05, 0) is 42.5 Å². The van der Waals surface area contributed by atoms with Crippen LogP contribution in [0, 0.1) is 5.92 Å². The minimum atomic E-state index is -0.416. The first-order valence-corrected chi connectivity index (χ1v) is 13.7. The lowest BCUT2D eigenvalue weighted by molar-refractivity contribution is -0.113. The van der Waals surface area contributed by atoms with Crippen molar-refractivity contribution in [3.63, 3.8) is 0 Å². The molecule has 0 spiro atoms. The lowest BCUT2D eigenvalue weighted by Gasteiger charge is -2.20. The van der Waals surface area contributed by atoms with Crippen molar-refractivity contribution < 1.29 is 23.8 Å². The number of aromatic amines is 1. The van der Waals surface area contributed by atoms with Crippen LogP contribution in [0.3, 0.4) is 0 Å². The summed E-state index contributed by atoms with van der Waals surface area (Å²) in [6.45, 7) is 4.85. The van der Waals surface area contributed by atoms with Gasteiger partial charge in [-0.25, -0.2) is 4.98 Å². The smallest absolute Gasteiger partial charge is 0.260 e. The molecule has 0 saturated carbocycles. The molecule has 0 unspecified atom stereocenters. The average Bonchev–Trinajstić information content (AvgIpc) is 3.50. The highest BCUT2D eigenvalue weighted by Crippen LogP contribution is 2.47. The summed E-state index contributed by atoms with van der Waals surface area (Å²) in [5, 5.41) is 3.16. The molecule has 0 fully saturated rings. The summed E-state index contributed by atoms with van der Waals surface area (Å²) in [5.74, 6) is 1.01. The molecule has 1 aliphatic heterocycles. The molecule has 0 bridgehead atoms. The van der Waals surface area contributed by atoms with Gasteiger partial charge in [0.1, 0.15) is 5.15 Å². The summed E-state index contributed by atoms with van der Waals surface area (Å²) >= 11 is 13.1. The minimum absolute atomic E-state index is 0.0136. The number of carbonyl (C=O) groups excluding carboxylic acids is 2. The second-order valence-corrected chi connectivity index (χ2v) is 10.5. The molecule has 41 heavy (non-hydrogen) atoms. The summed E-state index contributed by atoms with van der Waals surface area (Å²) in [5.41, 5.74) is 7.89. The fraction of sp³-hybridized carbons (Fsp3) is 0.357. The van der Waals surface area contributed by atoms with Crippen molar-refractivity contribution in [1.29, 1.82) is 0 Å². The molecule has 1 aromatic carbocycles. The zero-order valence-corrected chi connectivity index (χ0v) is 24.9. The zero-order chi connectivity index (χ0) is 29.8. The highest BCUT2D eigenvalue weighted by molar-refractivity contribution is 6.41. The Labute approximate surface area is 248 Å². The number of nitrogens with one attached hydrogen (secondary N) is 2. The number of nitrogens with zero attached hydrogens (tertiary/aromatic N) is 3. The Balaban J connectivity index is 1.67. The molecule has 2 aromatic heterocycles. The third-order valence-corrected chi connectivity index (χ3v) is 7.24. The highest BCUT2D eigenvalue weighted by atomic mass is 35.5. The largest absolute Gasteiger partial charge is 0.493 e. The van der Waals surface area contributed by atoms with Crippen LogP contribution in [-0.4, -0.2) is 54.6 Å². The van der Waals surface area contributed by atoms with Crippen molar-refractivity contribution in [2.45, 2.75) is 33.2 Å². The molecule has 3 aromatic rings. The van der Waals surface area contributed by atoms with E-state index in [-0.39, 0.29) is 45.7 Å². The number of hydrogen-bond donors (Lipinski definition) is 3. The molecule has 0 atom stereocenters. The fourth-order valence-corrected chi connectivity index (χ4v) is 5.10. The standard InChI is InChI=1S/C28H32Cl2N6O5/c1-14(2)7-6-8-32-26(37)15-9-17(33-12-15)11-18-20-24(30)34-28(31)35-25(20)36(27(18)38)13-16-10-19(39-3)22(40-4)23(41-5)21(16)29/h9-12,14,33H,6-8,13H2,1-5H3,(H,32,37)(H2,31,34,35)/b18-11-. The van der Waals surface area contributed by atoms with Crippen molar-refractivity contribution in [3.05, 3.63) is 50.9 Å². The van der Waals surface area contributed by atoms with E-state index >= 15 is 0 Å². The van der Waals surface area contributed by atoms with E-state index in [2.05, 4.69) is 34.1 Å². The van der Waals surface area contributed by atoms with Gasteiger partial charge < -0.3 is 30.2 Å². The number of fused-ring (bicyclic) bond motifs is 1. The van der Waals surface area contributed by atoms with E-state index in [1.807, 2.05) is 0 Å². The Kier molecular flexibility index (Phi) is 9.29. The van der Waals surface area contributed by atoms with Gasteiger partial charge in [-0.3, -0.25) is 14.5 Å². The van der Waals surface area contributed by atoms with Crippen molar-refractivity contribution >= 4 is 58.4 Å². The lowest BCUT2D eigenvalue weighted by Crippen LogP contribution is -2.27. The van der Waals surface area contributed by atoms with Gasteiger partial charge in [0, 0.05) is 18.4 Å². The zero-order valence-electron chi connectivity index (χ0n) is 23.4. The van der Waals surface area contributed by atoms with Gasteiger partial charge in [0.05, 0.1) is 49.6 Å². The van der Waals surface area contributed by atoms with Crippen molar-refractivity contribution in [2.75, 3.05) is 38.5 Å². The molecule has 13 heteroatoms. The van der Waals surface area contributed by atoms with Gasteiger partial charge in [-0.2, -0.15) is 4.98 Å². The maximum atomic E-state index is 13.8. The van der Waals surface area contributed by atoms with Gasteiger partial charge in [-0.1, -0.05) is 37.0 Å². The van der Waals surface area contributed by atoms with Gasteiger partial charge in [0.2, 0.25) is 11.7 Å². The molecule has 0 aliphatic carbocycles. The van der Waals surface area contributed by atoms with Crippen molar-refractivity contribution in [3.8, 4) is 17.2 Å². The average molecular weight is 604 g/mol. The number of aromatic nitrogens is 3. The molecular formula is C28H32Cl2N6O5. The number of H-pyrrole nitrogens is 1. The number of anilines is 2. The highest BCUT2D eigenvalue weighted by Gasteiger charge is 2.38. The Morgan fingerprint density at radius 3 is 2.54 bits per heavy atom. The summed E-state index contributed by atoms with van der Waals surface area (Å²) < 4.78 is 16.3. The predicted molar refractivity (Wildman–Crippen MR) is 159 cm³/mol. The molecule has 2 amide bonds. The predicted octanol–water partition coefficient (Wildman–Crippen LogP) is 4.97. The number of ether oxygens (including phenoxy) is 3. The Morgan fingerprint density at radius 2 is 1.88 bits per heavy atom. The minimum Gasteiger partial charge on any atom is -0.493 e. The third-order valence-electron chi connectivity index (χ3n) is 6.55. The van der Waals surface area contributed by atoms with Crippen molar-refractivity contribution in [1.82, 2.24) is 20.3 Å². The number of carbonyl (C=O) groups is 2. The summed E-state index contributed by atoms with van der Waals surface area (Å²) in [6, 6.07) is 3.31. The molecule has 4 rings (SSSR count). The fourth-order valence-electron chi connectivity index (χ4n) is 4.55. The van der Waals surface area contributed by atoms with Crippen LogP contribution in [-0.2, 0) is 11.3 Å². The number of nitrogens with two attached hydrogens (primary N) is 1. The first-order valence-electron chi connectivity index (χ1n) is 12.9. The molecule has 4 N–H and O–H groups in total. The Hall–Kier alpha value is -3.96. The van der Waals surface area contributed by atoms with E-state index in [4.69, 9.17) is 43.1 Å². The SMILES string of the molecule is COc1cc(CN2C(=O)/C(=C\c3cc(C(=O)NCCCC(C)C)c[nH]3)c3c(Cl)nc(N)nc32)c(Cl)c(OC)c1OC. The van der Waals surface area contributed by atoms with E-state index in [9.17, 15) is 9.59 Å². The molecule has 0 saturated heterocycles. The maximum Gasteiger partial charge on any atom is 0.260 e. The number of amides is 2. The lowest BCUT2D eigenvalue weighted by atomic mass is 10.1. The number of benzene rings is 1. The summed E-state index contributed by atoms with van der Waals surface area (Å²) in [6.07, 6.45) is 5.10. The van der Waals surface area contributed by atoms with E-state index in [0.717, 1.165) is 12.8 Å². The van der Waals surface area contributed by atoms with E-state index < -0.39 is 5.91 Å². The van der Waals surface area contributed by atoms with Gasteiger partial charge >= 0.3 is 0 Å². The van der Waals surface area contributed by atoms with Gasteiger partial charge in [0.25, 0.3) is 11.8 Å². The number of methoxy groups -OCH3 is 3. The second kappa shape index (κ2) is 12.7. The number of halogens is 2. The monoisotopic (exact) mass is 602 g/mol. The van der Waals surface area contributed by atoms with Crippen LogP contribution in [0.2, 0.25) is 10.2 Å².